The minimum Gasteiger partial charge on any atom is -0.497 e. The van der Waals surface area contributed by atoms with E-state index in [9.17, 15) is 14.4 Å². The molecule has 1 aliphatic rings. The summed E-state index contributed by atoms with van der Waals surface area (Å²) < 4.78 is 10.7. The molecule has 0 aliphatic carbocycles. The Labute approximate surface area is 194 Å². The number of urea groups is 1. The van der Waals surface area contributed by atoms with E-state index in [4.69, 9.17) is 9.47 Å². The van der Waals surface area contributed by atoms with Gasteiger partial charge in [0.2, 0.25) is 5.91 Å². The molecule has 0 bridgehead atoms. The topological polar surface area (TPSA) is 88.2 Å². The van der Waals surface area contributed by atoms with Gasteiger partial charge in [0.25, 0.3) is 5.91 Å². The highest BCUT2D eigenvalue weighted by Crippen LogP contribution is 2.29. The number of rotatable bonds is 10. The third-order valence-corrected chi connectivity index (χ3v) is 5.20. The summed E-state index contributed by atoms with van der Waals surface area (Å²) in [5.74, 6) is 0.736. The maximum atomic E-state index is 13.2. The molecule has 1 fully saturated rings. The number of benzene rings is 2. The van der Waals surface area contributed by atoms with Crippen molar-refractivity contribution >= 4 is 29.2 Å². The van der Waals surface area contributed by atoms with Crippen LogP contribution in [0.3, 0.4) is 0 Å². The van der Waals surface area contributed by atoms with Gasteiger partial charge >= 0.3 is 6.03 Å². The lowest BCUT2D eigenvalue weighted by Crippen LogP contribution is -2.40. The third kappa shape index (κ3) is 5.83. The van der Waals surface area contributed by atoms with E-state index in [1.165, 1.54) is 4.90 Å². The Morgan fingerprint density at radius 3 is 2.24 bits per heavy atom. The molecule has 3 rings (SSSR count). The van der Waals surface area contributed by atoms with Gasteiger partial charge in [0.15, 0.2) is 0 Å². The first-order valence-electron chi connectivity index (χ1n) is 11.1. The summed E-state index contributed by atoms with van der Waals surface area (Å²) in [6.07, 6.45) is 0.783. The fraction of sp³-hybridized carbons (Fsp3) is 0.400. The van der Waals surface area contributed by atoms with Crippen LogP contribution in [0.5, 0.6) is 11.5 Å². The monoisotopic (exact) mass is 453 g/mol. The molecule has 8 nitrogen and oxygen atoms in total. The number of hydrogen-bond donors (Lipinski definition) is 1. The predicted molar refractivity (Wildman–Crippen MR) is 127 cm³/mol. The average molecular weight is 454 g/mol. The van der Waals surface area contributed by atoms with E-state index >= 15 is 0 Å². The molecule has 2 aromatic rings. The molecule has 8 heteroatoms. The number of hydrogen-bond acceptors (Lipinski definition) is 5. The number of ether oxygens (including phenoxy) is 2. The number of anilines is 2. The smallest absolute Gasteiger partial charge is 0.332 e. The highest BCUT2D eigenvalue weighted by molar-refractivity contribution is 6.22. The van der Waals surface area contributed by atoms with Crippen LogP contribution in [0.25, 0.3) is 0 Å². The second-order valence-electron chi connectivity index (χ2n) is 8.34. The second-order valence-corrected chi connectivity index (χ2v) is 8.34. The highest BCUT2D eigenvalue weighted by Gasteiger charge is 2.46. The largest absolute Gasteiger partial charge is 0.497 e. The number of nitrogens with zero attached hydrogens (tertiary/aromatic N) is 2. The molecule has 33 heavy (non-hydrogen) atoms. The van der Waals surface area contributed by atoms with Crippen molar-refractivity contribution in [2.45, 2.75) is 39.7 Å². The van der Waals surface area contributed by atoms with Gasteiger partial charge < -0.3 is 19.7 Å². The van der Waals surface area contributed by atoms with Crippen LogP contribution in [0.15, 0.2) is 48.5 Å². The molecule has 0 aromatic heterocycles. The SMILES string of the molecule is CCCOc1ccc(NC(=O)C[C@@H]2C(=O)N(c3ccc(OC)cc3)C(=O)N2CC(C)C)cc1. The second kappa shape index (κ2) is 10.8. The summed E-state index contributed by atoms with van der Waals surface area (Å²) in [6.45, 7) is 6.96. The van der Waals surface area contributed by atoms with Crippen molar-refractivity contribution in [1.29, 1.82) is 0 Å². The van der Waals surface area contributed by atoms with Gasteiger partial charge in [-0.05, 0) is 60.9 Å². The first kappa shape index (κ1) is 24.1. The van der Waals surface area contributed by atoms with Crippen LogP contribution >= 0.6 is 0 Å². The van der Waals surface area contributed by atoms with Crippen LogP contribution in [-0.2, 0) is 9.59 Å². The molecule has 0 saturated carbocycles. The lowest BCUT2D eigenvalue weighted by atomic mass is 10.1. The van der Waals surface area contributed by atoms with Gasteiger partial charge in [0, 0.05) is 12.2 Å². The van der Waals surface area contributed by atoms with Crippen LogP contribution in [0.1, 0.15) is 33.6 Å². The van der Waals surface area contributed by atoms with Crippen LogP contribution in [0.4, 0.5) is 16.2 Å². The highest BCUT2D eigenvalue weighted by atomic mass is 16.5. The zero-order valence-electron chi connectivity index (χ0n) is 19.5. The lowest BCUT2D eigenvalue weighted by molar-refractivity contribution is -0.124. The zero-order chi connectivity index (χ0) is 24.0. The van der Waals surface area contributed by atoms with Crippen LogP contribution in [0, 0.1) is 5.92 Å². The van der Waals surface area contributed by atoms with Crippen LogP contribution < -0.4 is 19.7 Å². The summed E-state index contributed by atoms with van der Waals surface area (Å²) >= 11 is 0. The number of methoxy groups -OCH3 is 1. The van der Waals surface area contributed by atoms with E-state index < -0.39 is 18.0 Å². The van der Waals surface area contributed by atoms with E-state index in [0.29, 0.717) is 30.3 Å². The van der Waals surface area contributed by atoms with E-state index in [2.05, 4.69) is 5.32 Å². The van der Waals surface area contributed by atoms with E-state index in [0.717, 1.165) is 17.1 Å². The van der Waals surface area contributed by atoms with E-state index in [-0.39, 0.29) is 18.2 Å². The number of imide groups is 1. The van der Waals surface area contributed by atoms with Gasteiger partial charge in [-0.2, -0.15) is 0 Å². The molecule has 1 saturated heterocycles. The lowest BCUT2D eigenvalue weighted by Gasteiger charge is -2.23. The first-order valence-corrected chi connectivity index (χ1v) is 11.1. The molecule has 1 heterocycles. The van der Waals surface area contributed by atoms with Crippen LogP contribution in [0.2, 0.25) is 0 Å². The van der Waals surface area contributed by atoms with Crippen molar-refractivity contribution < 1.29 is 23.9 Å². The van der Waals surface area contributed by atoms with Crippen molar-refractivity contribution in [1.82, 2.24) is 4.90 Å². The summed E-state index contributed by atoms with van der Waals surface area (Å²) in [6, 6.07) is 12.5. The minimum absolute atomic E-state index is 0.127. The molecule has 1 atom stereocenters. The number of nitrogens with one attached hydrogen (secondary N) is 1. The van der Waals surface area contributed by atoms with Gasteiger partial charge in [-0.25, -0.2) is 9.69 Å². The number of carbonyl (C=O) groups is 3. The van der Waals surface area contributed by atoms with Gasteiger partial charge in [-0.15, -0.1) is 0 Å². The molecule has 0 spiro atoms. The Kier molecular flexibility index (Phi) is 7.92. The van der Waals surface area contributed by atoms with Crippen molar-refractivity contribution in [3.05, 3.63) is 48.5 Å². The maximum Gasteiger partial charge on any atom is 0.332 e. The molecule has 1 aliphatic heterocycles. The summed E-state index contributed by atoms with van der Waals surface area (Å²) in [5, 5.41) is 2.81. The molecular weight excluding hydrogens is 422 g/mol. The quantitative estimate of drug-likeness (QED) is 0.542. The fourth-order valence-corrected chi connectivity index (χ4v) is 3.65. The van der Waals surface area contributed by atoms with Crippen molar-refractivity contribution in [2.24, 2.45) is 5.92 Å². The van der Waals surface area contributed by atoms with E-state index in [1.54, 1.807) is 55.6 Å². The summed E-state index contributed by atoms with van der Waals surface area (Å²) in [5.41, 5.74) is 1.05. The van der Waals surface area contributed by atoms with Gasteiger partial charge in [-0.3, -0.25) is 9.59 Å². The predicted octanol–water partition coefficient (Wildman–Crippen LogP) is 4.31. The first-order chi connectivity index (χ1) is 15.8. The molecule has 176 valence electrons. The van der Waals surface area contributed by atoms with Gasteiger partial charge in [-0.1, -0.05) is 20.8 Å². The molecule has 2 aromatic carbocycles. The molecular formula is C25H31N3O5. The van der Waals surface area contributed by atoms with Crippen molar-refractivity contribution in [3.8, 4) is 11.5 Å². The minimum atomic E-state index is -0.867. The molecule has 0 unspecified atom stereocenters. The standard InChI is InChI=1S/C25H31N3O5/c1-5-14-33-21-10-6-18(7-11-21)26-23(29)15-22-24(30)28(25(31)27(22)16-17(2)3)19-8-12-20(32-4)13-9-19/h6-13,17,22H,5,14-16H2,1-4H3,(H,26,29)/t22-/m1/s1. The van der Waals surface area contributed by atoms with Crippen molar-refractivity contribution in [2.75, 3.05) is 30.5 Å². The number of amides is 4. The summed E-state index contributed by atoms with van der Waals surface area (Å²) in [7, 11) is 1.55. The number of carbonyl (C=O) groups excluding carboxylic acids is 3. The van der Waals surface area contributed by atoms with Crippen molar-refractivity contribution in [3.63, 3.8) is 0 Å². The molecule has 4 amide bonds. The normalized spacial score (nSPS) is 15.8. The van der Waals surface area contributed by atoms with Crippen LogP contribution in [-0.4, -0.2) is 49.0 Å². The average Bonchev–Trinajstić information content (AvgIpc) is 3.02. The zero-order valence-corrected chi connectivity index (χ0v) is 19.5. The Morgan fingerprint density at radius 2 is 1.67 bits per heavy atom. The maximum absolute atomic E-state index is 13.2. The summed E-state index contributed by atoms with van der Waals surface area (Å²) in [4.78, 5) is 41.8. The fourth-order valence-electron chi connectivity index (χ4n) is 3.65. The third-order valence-electron chi connectivity index (χ3n) is 5.20. The molecule has 1 N–H and O–H groups in total. The van der Waals surface area contributed by atoms with Gasteiger partial charge in [0.1, 0.15) is 17.5 Å². The Bertz CT molecular complexity index is 973. The van der Waals surface area contributed by atoms with Gasteiger partial charge in [0.05, 0.1) is 25.8 Å². The Morgan fingerprint density at radius 1 is 1.03 bits per heavy atom. The Balaban J connectivity index is 1.73. The van der Waals surface area contributed by atoms with E-state index in [1.807, 2.05) is 20.8 Å². The Hall–Kier alpha value is -3.55. The molecule has 0 radical (unpaired) electrons.